The third-order valence-corrected chi connectivity index (χ3v) is 4.01. The van der Waals surface area contributed by atoms with Gasteiger partial charge in [-0.3, -0.25) is 14.4 Å². The van der Waals surface area contributed by atoms with Crippen LogP contribution in [0.3, 0.4) is 0 Å². The van der Waals surface area contributed by atoms with E-state index in [1.165, 1.54) is 7.11 Å². The number of carbonyl (C=O) groups is 3. The Balaban J connectivity index is 1.78. The van der Waals surface area contributed by atoms with E-state index in [0.29, 0.717) is 6.42 Å². The van der Waals surface area contributed by atoms with Crippen LogP contribution in [-0.2, 0) is 25.5 Å². The van der Waals surface area contributed by atoms with Crippen LogP contribution in [0.4, 0.5) is 0 Å². The highest BCUT2D eigenvalue weighted by atomic mass is 16.5. The second-order valence-corrected chi connectivity index (χ2v) is 5.37. The van der Waals surface area contributed by atoms with Crippen LogP contribution in [0.25, 0.3) is 10.9 Å². The van der Waals surface area contributed by atoms with Crippen LogP contribution in [0.5, 0.6) is 0 Å². The Morgan fingerprint density at radius 2 is 2.09 bits per heavy atom. The quantitative estimate of drug-likeness (QED) is 0.652. The highest BCUT2D eigenvalue weighted by molar-refractivity contribution is 6.07. The molecule has 0 bridgehead atoms. The van der Waals surface area contributed by atoms with Crippen LogP contribution in [0.2, 0.25) is 0 Å². The van der Waals surface area contributed by atoms with E-state index in [0.717, 1.165) is 16.5 Å². The molecule has 1 amide bonds. The third kappa shape index (κ3) is 2.47. The van der Waals surface area contributed by atoms with E-state index < -0.39 is 23.8 Å². The first-order chi connectivity index (χ1) is 10.6. The number of ketones is 1. The minimum atomic E-state index is -1.03. The van der Waals surface area contributed by atoms with E-state index >= 15 is 0 Å². The van der Waals surface area contributed by atoms with Gasteiger partial charge in [0.25, 0.3) is 0 Å². The number of nitrogens with one attached hydrogen (secondary N) is 2. The number of ether oxygens (including phenoxy) is 1. The van der Waals surface area contributed by atoms with Crippen molar-refractivity contribution in [3.63, 3.8) is 0 Å². The first kappa shape index (κ1) is 14.3. The number of piperidine rings is 1. The Hall–Kier alpha value is -2.63. The zero-order chi connectivity index (χ0) is 15.7. The largest absolute Gasteiger partial charge is 0.468 e. The number of aromatic amines is 1. The molecule has 6 heteroatoms. The summed E-state index contributed by atoms with van der Waals surface area (Å²) in [5.74, 6) is -2.30. The number of aromatic nitrogens is 1. The van der Waals surface area contributed by atoms with Gasteiger partial charge in [-0.1, -0.05) is 18.2 Å². The normalized spacial score (nSPS) is 21.7. The summed E-state index contributed by atoms with van der Waals surface area (Å²) in [7, 11) is 1.21. The molecular formula is C16H16N2O4. The van der Waals surface area contributed by atoms with Gasteiger partial charge in [0.2, 0.25) is 5.91 Å². The molecule has 0 saturated carbocycles. The lowest BCUT2D eigenvalue weighted by Gasteiger charge is -2.26. The molecule has 22 heavy (non-hydrogen) atoms. The number of carbonyl (C=O) groups excluding carboxylic acids is 3. The molecule has 1 aromatic heterocycles. The van der Waals surface area contributed by atoms with Crippen LogP contribution in [0, 0.1) is 5.92 Å². The summed E-state index contributed by atoms with van der Waals surface area (Å²) in [5.41, 5.74) is 1.95. The summed E-state index contributed by atoms with van der Waals surface area (Å²) >= 11 is 0. The highest BCUT2D eigenvalue weighted by Crippen LogP contribution is 2.22. The smallest absolute Gasteiger partial charge is 0.318 e. The first-order valence-electron chi connectivity index (χ1n) is 7.06. The number of Topliss-reactive ketones (excluding diaryl/α,β-unsaturated/α-hetero) is 1. The average Bonchev–Trinajstić information content (AvgIpc) is 2.93. The molecule has 1 saturated heterocycles. The van der Waals surface area contributed by atoms with Gasteiger partial charge in [0.1, 0.15) is 5.92 Å². The molecule has 2 atom stereocenters. The molecule has 0 aliphatic carbocycles. The lowest BCUT2D eigenvalue weighted by atomic mass is 9.89. The topological polar surface area (TPSA) is 88.3 Å². The van der Waals surface area contributed by atoms with E-state index in [-0.39, 0.29) is 12.2 Å². The molecule has 0 unspecified atom stereocenters. The minimum Gasteiger partial charge on any atom is -0.468 e. The number of hydrogen-bond donors (Lipinski definition) is 2. The summed E-state index contributed by atoms with van der Waals surface area (Å²) < 4.78 is 4.55. The van der Waals surface area contributed by atoms with E-state index in [4.69, 9.17) is 0 Å². The van der Waals surface area contributed by atoms with Crippen LogP contribution in [-0.4, -0.2) is 35.8 Å². The Labute approximate surface area is 126 Å². The zero-order valence-electron chi connectivity index (χ0n) is 12.1. The molecule has 2 N–H and O–H groups in total. The highest BCUT2D eigenvalue weighted by Gasteiger charge is 2.39. The van der Waals surface area contributed by atoms with Crippen molar-refractivity contribution in [1.29, 1.82) is 0 Å². The van der Waals surface area contributed by atoms with Crippen LogP contribution >= 0.6 is 0 Å². The zero-order valence-corrected chi connectivity index (χ0v) is 12.1. The molecule has 1 fully saturated rings. The molecule has 1 aliphatic rings. The number of amides is 1. The van der Waals surface area contributed by atoms with E-state index in [9.17, 15) is 14.4 Å². The molecule has 0 spiro atoms. The van der Waals surface area contributed by atoms with Crippen LogP contribution in [0.1, 0.15) is 12.0 Å². The maximum Gasteiger partial charge on any atom is 0.318 e. The number of H-pyrrole nitrogens is 1. The molecule has 114 valence electrons. The van der Waals surface area contributed by atoms with Gasteiger partial charge in [-0.15, -0.1) is 0 Å². The van der Waals surface area contributed by atoms with Gasteiger partial charge in [0.15, 0.2) is 5.78 Å². The van der Waals surface area contributed by atoms with Crippen molar-refractivity contribution in [1.82, 2.24) is 10.3 Å². The van der Waals surface area contributed by atoms with Crippen molar-refractivity contribution < 1.29 is 19.1 Å². The lowest BCUT2D eigenvalue weighted by Crippen LogP contribution is -2.53. The van der Waals surface area contributed by atoms with Crippen LogP contribution in [0.15, 0.2) is 30.5 Å². The Morgan fingerprint density at radius 1 is 1.32 bits per heavy atom. The second-order valence-electron chi connectivity index (χ2n) is 5.37. The molecule has 3 rings (SSSR count). The van der Waals surface area contributed by atoms with Crippen molar-refractivity contribution in [2.24, 2.45) is 5.92 Å². The van der Waals surface area contributed by atoms with Crippen molar-refractivity contribution in [2.75, 3.05) is 7.11 Å². The third-order valence-electron chi connectivity index (χ3n) is 4.01. The molecular weight excluding hydrogens is 284 g/mol. The number of methoxy groups -OCH3 is 1. The first-order valence-corrected chi connectivity index (χ1v) is 7.06. The minimum absolute atomic E-state index is 0.106. The lowest BCUT2D eigenvalue weighted by molar-refractivity contribution is -0.154. The number of esters is 1. The van der Waals surface area contributed by atoms with Gasteiger partial charge in [0.05, 0.1) is 13.2 Å². The number of fused-ring (bicyclic) bond motifs is 1. The van der Waals surface area contributed by atoms with Crippen molar-refractivity contribution in [3.05, 3.63) is 36.0 Å². The number of benzene rings is 1. The molecule has 2 aromatic rings. The van der Waals surface area contributed by atoms with Gasteiger partial charge in [-0.25, -0.2) is 0 Å². The Kier molecular flexibility index (Phi) is 3.66. The summed E-state index contributed by atoms with van der Waals surface area (Å²) in [6.07, 6.45) is 2.14. The predicted molar refractivity (Wildman–Crippen MR) is 79.1 cm³/mol. The van der Waals surface area contributed by atoms with Crippen LogP contribution < -0.4 is 5.32 Å². The van der Waals surface area contributed by atoms with E-state index in [1.54, 1.807) is 0 Å². The molecule has 1 aliphatic heterocycles. The summed E-state index contributed by atoms with van der Waals surface area (Å²) in [5, 5.41) is 3.66. The van der Waals surface area contributed by atoms with Crippen molar-refractivity contribution in [2.45, 2.75) is 18.9 Å². The maximum absolute atomic E-state index is 12.2. The van der Waals surface area contributed by atoms with E-state index in [2.05, 4.69) is 15.0 Å². The summed E-state index contributed by atoms with van der Waals surface area (Å²) in [4.78, 5) is 38.8. The predicted octanol–water partition coefficient (Wildman–Crippen LogP) is 0.957. The number of para-hydroxylation sites is 1. The average molecular weight is 300 g/mol. The summed E-state index contributed by atoms with van der Waals surface area (Å²) in [6.45, 7) is 0. The van der Waals surface area contributed by atoms with Gasteiger partial charge < -0.3 is 15.0 Å². The van der Waals surface area contributed by atoms with Crippen molar-refractivity contribution >= 4 is 28.6 Å². The fraction of sp³-hybridized carbons (Fsp3) is 0.312. The monoisotopic (exact) mass is 300 g/mol. The molecule has 0 radical (unpaired) electrons. The summed E-state index contributed by atoms with van der Waals surface area (Å²) in [6, 6.07) is 7.17. The number of rotatable bonds is 3. The molecule has 2 heterocycles. The standard InChI is InChI=1S/C16H16N2O4/c1-22-16(21)11-7-14(19)13(18-15(11)20)6-9-8-17-12-5-3-2-4-10(9)12/h2-5,8,11,13,17H,6-7H2,1H3,(H,18,20)/t11-,13+/m1/s1. The number of hydrogen-bond acceptors (Lipinski definition) is 4. The van der Waals surface area contributed by atoms with Gasteiger partial charge in [-0.2, -0.15) is 0 Å². The fourth-order valence-electron chi connectivity index (χ4n) is 2.81. The Bertz CT molecular complexity index is 749. The van der Waals surface area contributed by atoms with Crippen molar-refractivity contribution in [3.8, 4) is 0 Å². The second kappa shape index (κ2) is 5.63. The van der Waals surface area contributed by atoms with Gasteiger partial charge in [0, 0.05) is 29.9 Å². The molecule has 6 nitrogen and oxygen atoms in total. The van der Waals surface area contributed by atoms with E-state index in [1.807, 2.05) is 30.5 Å². The molecule has 1 aromatic carbocycles. The van der Waals surface area contributed by atoms with Gasteiger partial charge >= 0.3 is 5.97 Å². The maximum atomic E-state index is 12.2. The SMILES string of the molecule is COC(=O)[C@@H]1CC(=O)[C@H](Cc2c[nH]c3ccccc23)NC1=O. The Morgan fingerprint density at radius 3 is 2.86 bits per heavy atom. The van der Waals surface area contributed by atoms with Gasteiger partial charge in [-0.05, 0) is 11.6 Å². The fourth-order valence-corrected chi connectivity index (χ4v) is 2.81.